The van der Waals surface area contributed by atoms with Gasteiger partial charge in [-0.2, -0.15) is 0 Å². The van der Waals surface area contributed by atoms with Gasteiger partial charge in [0.05, 0.1) is 24.3 Å². The van der Waals surface area contributed by atoms with Crippen LogP contribution in [-0.4, -0.2) is 31.1 Å². The molecule has 0 saturated carbocycles. The number of hydrogen-bond acceptors (Lipinski definition) is 7. The fraction of sp³-hybridized carbons (Fsp3) is 0.343. The van der Waals surface area contributed by atoms with Crippen molar-refractivity contribution in [2.24, 2.45) is 0 Å². The molecule has 0 atom stereocenters. The summed E-state index contributed by atoms with van der Waals surface area (Å²) in [4.78, 5) is 36.1. The fourth-order valence-corrected chi connectivity index (χ4v) is 4.22. The number of carbonyl (C=O) groups is 3. The molecule has 0 aliphatic carbocycles. The lowest BCUT2D eigenvalue weighted by molar-refractivity contribution is -0.137. The predicted octanol–water partition coefficient (Wildman–Crippen LogP) is 7.83. The summed E-state index contributed by atoms with van der Waals surface area (Å²) in [7, 11) is 0. The van der Waals surface area contributed by atoms with Gasteiger partial charge in [0, 0.05) is 6.08 Å². The summed E-state index contributed by atoms with van der Waals surface area (Å²) in [6.45, 7) is 8.40. The molecule has 0 fully saturated rings. The van der Waals surface area contributed by atoms with E-state index in [0.717, 1.165) is 68.2 Å². The first-order valence-electron chi connectivity index (χ1n) is 14.6. The molecule has 222 valence electrons. The molecule has 7 nitrogen and oxygen atoms in total. The topological polar surface area (TPSA) is 88.1 Å². The standard InChI is InChI=1S/C35H40O7/c1-4-27-13-18-30(19-14-27)41-34(37)28-15-20-31(21-16-28)42-35(38)29-17-22-32(26(3)25-29)39-23-11-9-7-6-8-10-12-24-40-33(36)5-2/h5,13-22,25H,2,4,6-12,23-24H2,1,3H3. The van der Waals surface area contributed by atoms with E-state index in [1.165, 1.54) is 6.08 Å². The van der Waals surface area contributed by atoms with Crippen LogP contribution in [0, 0.1) is 6.92 Å². The van der Waals surface area contributed by atoms with Gasteiger partial charge in [0.15, 0.2) is 0 Å². The first-order chi connectivity index (χ1) is 20.4. The third-order valence-corrected chi connectivity index (χ3v) is 6.71. The molecule has 0 aliphatic rings. The normalized spacial score (nSPS) is 10.5. The van der Waals surface area contributed by atoms with Crippen LogP contribution in [0.25, 0.3) is 0 Å². The molecule has 0 heterocycles. The minimum atomic E-state index is -0.491. The number of ether oxygens (including phenoxy) is 4. The Kier molecular flexibility index (Phi) is 13.3. The fourth-order valence-electron chi connectivity index (χ4n) is 4.22. The largest absolute Gasteiger partial charge is 0.493 e. The van der Waals surface area contributed by atoms with Gasteiger partial charge in [-0.15, -0.1) is 0 Å². The number of benzene rings is 3. The summed E-state index contributed by atoms with van der Waals surface area (Å²) < 4.78 is 21.8. The summed E-state index contributed by atoms with van der Waals surface area (Å²) in [5, 5.41) is 0. The van der Waals surface area contributed by atoms with Gasteiger partial charge in [0.2, 0.25) is 0 Å². The highest BCUT2D eigenvalue weighted by Crippen LogP contribution is 2.22. The minimum Gasteiger partial charge on any atom is -0.493 e. The van der Waals surface area contributed by atoms with E-state index < -0.39 is 11.9 Å². The first kappa shape index (κ1) is 32.1. The molecule has 3 aromatic rings. The number of esters is 3. The molecule has 7 heteroatoms. The molecular formula is C35H40O7. The van der Waals surface area contributed by atoms with E-state index in [9.17, 15) is 14.4 Å². The summed E-state index contributed by atoms with van der Waals surface area (Å²) in [6, 6.07) is 18.9. The monoisotopic (exact) mass is 572 g/mol. The number of carbonyl (C=O) groups excluding carboxylic acids is 3. The van der Waals surface area contributed by atoms with Crippen molar-refractivity contribution < 1.29 is 33.3 Å². The van der Waals surface area contributed by atoms with Crippen molar-refractivity contribution in [3.8, 4) is 17.2 Å². The second-order valence-electron chi connectivity index (χ2n) is 9.98. The van der Waals surface area contributed by atoms with E-state index in [4.69, 9.17) is 18.9 Å². The van der Waals surface area contributed by atoms with Crippen molar-refractivity contribution in [3.05, 3.63) is 102 Å². The van der Waals surface area contributed by atoms with Crippen molar-refractivity contribution >= 4 is 17.9 Å². The van der Waals surface area contributed by atoms with Crippen molar-refractivity contribution in [1.29, 1.82) is 0 Å². The van der Waals surface area contributed by atoms with Crippen molar-refractivity contribution in [3.63, 3.8) is 0 Å². The Morgan fingerprint density at radius 1 is 0.690 bits per heavy atom. The Morgan fingerprint density at radius 2 is 1.21 bits per heavy atom. The zero-order valence-corrected chi connectivity index (χ0v) is 24.6. The highest BCUT2D eigenvalue weighted by molar-refractivity contribution is 5.93. The van der Waals surface area contributed by atoms with E-state index in [-0.39, 0.29) is 5.97 Å². The van der Waals surface area contributed by atoms with Crippen LogP contribution in [0.3, 0.4) is 0 Å². The van der Waals surface area contributed by atoms with Crippen molar-refractivity contribution in [1.82, 2.24) is 0 Å². The molecule has 0 N–H and O–H groups in total. The lowest BCUT2D eigenvalue weighted by Crippen LogP contribution is -2.10. The maximum absolute atomic E-state index is 12.7. The Morgan fingerprint density at radius 3 is 1.79 bits per heavy atom. The minimum absolute atomic E-state index is 0.331. The smallest absolute Gasteiger partial charge is 0.343 e. The second-order valence-corrected chi connectivity index (χ2v) is 9.98. The van der Waals surface area contributed by atoms with Gasteiger partial charge in [-0.1, -0.05) is 57.7 Å². The SMILES string of the molecule is C=CC(=O)OCCCCCCCCCOc1ccc(C(=O)Oc2ccc(C(=O)Oc3ccc(CC)cc3)cc2)cc1C. The third-order valence-electron chi connectivity index (χ3n) is 6.71. The first-order valence-corrected chi connectivity index (χ1v) is 14.6. The van der Waals surface area contributed by atoms with Gasteiger partial charge >= 0.3 is 17.9 Å². The highest BCUT2D eigenvalue weighted by Gasteiger charge is 2.13. The predicted molar refractivity (Wildman–Crippen MR) is 162 cm³/mol. The summed E-state index contributed by atoms with van der Waals surface area (Å²) in [5.74, 6) is 0.214. The third kappa shape index (κ3) is 10.9. The second kappa shape index (κ2) is 17.4. The number of hydrogen-bond donors (Lipinski definition) is 0. The lowest BCUT2D eigenvalue weighted by Gasteiger charge is -2.11. The van der Waals surface area contributed by atoms with Crippen LogP contribution in [-0.2, 0) is 16.0 Å². The maximum Gasteiger partial charge on any atom is 0.343 e. The van der Waals surface area contributed by atoms with Gasteiger partial charge in [-0.25, -0.2) is 14.4 Å². The van der Waals surface area contributed by atoms with Gasteiger partial charge < -0.3 is 18.9 Å². The Labute approximate surface area is 248 Å². The summed E-state index contributed by atoms with van der Waals surface area (Å²) in [5.41, 5.74) is 2.79. The van der Waals surface area contributed by atoms with Crippen LogP contribution in [0.5, 0.6) is 17.2 Å². The molecular weight excluding hydrogens is 532 g/mol. The van der Waals surface area contributed by atoms with Gasteiger partial charge in [-0.3, -0.25) is 0 Å². The number of unbranched alkanes of at least 4 members (excludes halogenated alkanes) is 6. The van der Waals surface area contributed by atoms with E-state index in [1.807, 2.05) is 19.1 Å². The molecule has 0 aliphatic heterocycles. The molecule has 42 heavy (non-hydrogen) atoms. The number of rotatable bonds is 17. The Hall–Kier alpha value is -4.39. The van der Waals surface area contributed by atoms with Gasteiger partial charge in [0.1, 0.15) is 17.2 Å². The van der Waals surface area contributed by atoms with E-state index >= 15 is 0 Å². The molecule has 0 unspecified atom stereocenters. The zero-order valence-electron chi connectivity index (χ0n) is 24.6. The van der Waals surface area contributed by atoms with Gasteiger partial charge in [0.25, 0.3) is 0 Å². The van der Waals surface area contributed by atoms with Gasteiger partial charge in [-0.05, 0) is 91.9 Å². The average Bonchev–Trinajstić information content (AvgIpc) is 3.01. The van der Waals surface area contributed by atoms with Crippen LogP contribution in [0.1, 0.15) is 83.7 Å². The maximum atomic E-state index is 12.7. The number of aryl methyl sites for hydroxylation is 2. The Balaban J connectivity index is 1.35. The van der Waals surface area contributed by atoms with Crippen LogP contribution in [0.15, 0.2) is 79.4 Å². The van der Waals surface area contributed by atoms with Crippen LogP contribution >= 0.6 is 0 Å². The summed E-state index contributed by atoms with van der Waals surface area (Å²) in [6.07, 6.45) is 9.45. The molecule has 0 aromatic heterocycles. The molecule has 0 saturated heterocycles. The quantitative estimate of drug-likeness (QED) is 0.0705. The van der Waals surface area contributed by atoms with E-state index in [2.05, 4.69) is 13.5 Å². The molecule has 0 bridgehead atoms. The summed E-state index contributed by atoms with van der Waals surface area (Å²) >= 11 is 0. The van der Waals surface area contributed by atoms with Crippen molar-refractivity contribution in [2.75, 3.05) is 13.2 Å². The molecule has 3 rings (SSSR count). The molecule has 0 radical (unpaired) electrons. The van der Waals surface area contributed by atoms with Crippen LogP contribution in [0.4, 0.5) is 0 Å². The zero-order chi connectivity index (χ0) is 30.2. The van der Waals surface area contributed by atoms with E-state index in [1.54, 1.807) is 54.6 Å². The Bertz CT molecular complexity index is 1310. The molecule has 3 aromatic carbocycles. The van der Waals surface area contributed by atoms with E-state index in [0.29, 0.717) is 35.8 Å². The molecule has 0 amide bonds. The molecule has 0 spiro atoms. The van der Waals surface area contributed by atoms with Crippen LogP contribution in [0.2, 0.25) is 0 Å². The average molecular weight is 573 g/mol. The van der Waals surface area contributed by atoms with Crippen LogP contribution < -0.4 is 14.2 Å². The lowest BCUT2D eigenvalue weighted by atomic mass is 10.1. The van der Waals surface area contributed by atoms with Crippen molar-refractivity contribution in [2.45, 2.75) is 65.2 Å². The highest BCUT2D eigenvalue weighted by atomic mass is 16.5.